The number of amides is 1. The van der Waals surface area contributed by atoms with Gasteiger partial charge in [-0.1, -0.05) is 54.1 Å². The predicted molar refractivity (Wildman–Crippen MR) is 67.6 cm³/mol. The molecular formula is C14H13NOW. The number of hydrogen-bond donors (Lipinski definition) is 1. The maximum absolute atomic E-state index is 10.3. The zero-order valence-corrected chi connectivity index (χ0v) is 12.4. The zero-order valence-electron chi connectivity index (χ0n) is 9.51. The molecule has 2 aromatic rings. The predicted octanol–water partition coefficient (Wildman–Crippen LogP) is 3.28. The van der Waals surface area contributed by atoms with Crippen molar-refractivity contribution in [2.45, 2.75) is 0 Å². The number of anilines is 1. The van der Waals surface area contributed by atoms with Gasteiger partial charge in [-0.2, -0.15) is 0 Å². The molecular weight excluding hydrogens is 382 g/mol. The Bertz CT molecular complexity index is 457. The molecule has 0 saturated heterocycles. The van der Waals surface area contributed by atoms with E-state index in [1.54, 1.807) is 6.41 Å². The first-order chi connectivity index (χ1) is 7.42. The summed E-state index contributed by atoms with van der Waals surface area (Å²) in [7, 11) is 0. The zero-order chi connectivity index (χ0) is 10.5. The monoisotopic (exact) mass is 395 g/mol. The molecule has 0 heterocycles. The Morgan fingerprint density at radius 2 is 1.47 bits per heavy atom. The average Bonchev–Trinajstić information content (AvgIpc) is 2.31. The number of para-hydroxylation sites is 1. The minimum absolute atomic E-state index is 0. The summed E-state index contributed by atoms with van der Waals surface area (Å²) in [4.78, 5) is 10.3. The van der Waals surface area contributed by atoms with Crippen LogP contribution in [0.3, 0.4) is 0 Å². The Morgan fingerprint density at radius 1 is 0.882 bits per heavy atom. The number of nitrogens with one attached hydrogen (secondary N) is 1. The van der Waals surface area contributed by atoms with Crippen LogP contribution in [0.15, 0.2) is 54.6 Å². The van der Waals surface area contributed by atoms with E-state index in [1.165, 1.54) is 0 Å². The van der Waals surface area contributed by atoms with E-state index < -0.39 is 0 Å². The molecule has 0 saturated carbocycles. The van der Waals surface area contributed by atoms with E-state index >= 15 is 0 Å². The van der Waals surface area contributed by atoms with Gasteiger partial charge >= 0.3 is 21.1 Å². The summed E-state index contributed by atoms with van der Waals surface area (Å²) in [6, 6.07) is 17.6. The fraction of sp³-hybridized carbons (Fsp3) is 0. The summed E-state index contributed by atoms with van der Waals surface area (Å²) in [6.45, 7) is 0. The molecule has 0 radical (unpaired) electrons. The van der Waals surface area contributed by atoms with Crippen LogP contribution in [0.4, 0.5) is 5.69 Å². The van der Waals surface area contributed by atoms with Gasteiger partial charge in [0.1, 0.15) is 0 Å². The van der Waals surface area contributed by atoms with E-state index in [2.05, 4.69) is 5.32 Å². The molecule has 1 amide bonds. The third kappa shape index (κ3) is 3.83. The molecule has 0 aliphatic rings. The Balaban J connectivity index is 0.00000128. The maximum atomic E-state index is 10.3. The third-order valence-electron chi connectivity index (χ3n) is 2.20. The van der Waals surface area contributed by atoms with Gasteiger partial charge in [-0.25, -0.2) is 0 Å². The SMILES string of the molecule is O=[C-]Nc1ccccc1-c1ccccc1.[CH3-].[W+2]. The summed E-state index contributed by atoms with van der Waals surface area (Å²) in [5.74, 6) is 0. The minimum atomic E-state index is 0. The van der Waals surface area contributed by atoms with Crippen LogP contribution in [0.1, 0.15) is 0 Å². The second kappa shape index (κ2) is 7.80. The normalized spacial score (nSPS) is 8.47. The van der Waals surface area contributed by atoms with Crippen molar-refractivity contribution < 1.29 is 25.9 Å². The Kier molecular flexibility index (Phi) is 7.16. The molecule has 0 bridgehead atoms. The quantitative estimate of drug-likeness (QED) is 0.628. The second-order valence-corrected chi connectivity index (χ2v) is 3.14. The molecule has 0 atom stereocenters. The smallest absolute Gasteiger partial charge is 0.490 e. The molecule has 3 heteroatoms. The van der Waals surface area contributed by atoms with Crippen LogP contribution in [-0.4, -0.2) is 6.41 Å². The van der Waals surface area contributed by atoms with Crippen molar-refractivity contribution >= 4 is 12.1 Å². The van der Waals surface area contributed by atoms with Crippen LogP contribution in [0.2, 0.25) is 0 Å². The first kappa shape index (κ1) is 15.6. The first-order valence-corrected chi connectivity index (χ1v) is 4.69. The third-order valence-corrected chi connectivity index (χ3v) is 2.20. The number of benzene rings is 2. The van der Waals surface area contributed by atoms with Crippen LogP contribution in [0, 0.1) is 7.43 Å². The van der Waals surface area contributed by atoms with E-state index in [4.69, 9.17) is 0 Å². The first-order valence-electron chi connectivity index (χ1n) is 4.69. The van der Waals surface area contributed by atoms with Gasteiger partial charge in [0.05, 0.1) is 6.41 Å². The molecule has 0 aliphatic carbocycles. The van der Waals surface area contributed by atoms with Gasteiger partial charge in [0, 0.05) is 0 Å². The maximum Gasteiger partial charge on any atom is 2.00 e. The van der Waals surface area contributed by atoms with E-state index in [-0.39, 0.29) is 28.5 Å². The van der Waals surface area contributed by atoms with Crippen molar-refractivity contribution in [3.63, 3.8) is 0 Å². The van der Waals surface area contributed by atoms with Gasteiger partial charge in [0.2, 0.25) is 0 Å². The van der Waals surface area contributed by atoms with E-state index in [1.807, 2.05) is 54.6 Å². The molecule has 0 aliphatic heterocycles. The minimum Gasteiger partial charge on any atom is -0.490 e. The largest absolute Gasteiger partial charge is 2.00 e. The van der Waals surface area contributed by atoms with E-state index in [9.17, 15) is 4.79 Å². The molecule has 2 aromatic carbocycles. The molecule has 2 rings (SSSR count). The van der Waals surface area contributed by atoms with E-state index in [0.717, 1.165) is 16.8 Å². The van der Waals surface area contributed by atoms with Crippen molar-refractivity contribution in [3.05, 3.63) is 62.0 Å². The van der Waals surface area contributed by atoms with Crippen molar-refractivity contribution in [2.24, 2.45) is 0 Å². The summed E-state index contributed by atoms with van der Waals surface area (Å²) >= 11 is 0. The van der Waals surface area contributed by atoms with Crippen LogP contribution in [0.5, 0.6) is 0 Å². The van der Waals surface area contributed by atoms with Gasteiger partial charge in [0.25, 0.3) is 0 Å². The molecule has 86 valence electrons. The van der Waals surface area contributed by atoms with Gasteiger partial charge in [-0.15, -0.1) is 11.8 Å². The van der Waals surface area contributed by atoms with Crippen molar-refractivity contribution in [1.82, 2.24) is 0 Å². The van der Waals surface area contributed by atoms with Crippen molar-refractivity contribution in [1.29, 1.82) is 0 Å². The average molecular weight is 395 g/mol. The molecule has 0 fully saturated rings. The van der Waals surface area contributed by atoms with Crippen LogP contribution in [-0.2, 0) is 25.9 Å². The van der Waals surface area contributed by atoms with Crippen LogP contribution in [0.25, 0.3) is 11.1 Å². The summed E-state index contributed by atoms with van der Waals surface area (Å²) in [5, 5.41) is 2.57. The van der Waals surface area contributed by atoms with Crippen molar-refractivity contribution in [3.8, 4) is 11.1 Å². The fourth-order valence-corrected chi connectivity index (χ4v) is 1.52. The van der Waals surface area contributed by atoms with Crippen LogP contribution < -0.4 is 5.32 Å². The number of carbonyl (C=O) groups excluding carboxylic acids is 1. The van der Waals surface area contributed by atoms with Gasteiger partial charge < -0.3 is 17.5 Å². The molecule has 0 aromatic heterocycles. The van der Waals surface area contributed by atoms with Gasteiger partial charge in [0.15, 0.2) is 0 Å². The molecule has 0 unspecified atom stereocenters. The standard InChI is InChI=1S/C13H10NO.CH3.W/c15-10-14-13-9-5-4-8-12(13)11-6-2-1-3-7-11;;/h1-9H,(H,14,15);1H3;/q2*-1;+2. The molecule has 2 nitrogen and oxygen atoms in total. The Hall–Kier alpha value is -1.40. The van der Waals surface area contributed by atoms with Gasteiger partial charge in [-0.3, -0.25) is 0 Å². The molecule has 17 heavy (non-hydrogen) atoms. The molecule has 0 spiro atoms. The van der Waals surface area contributed by atoms with Crippen LogP contribution >= 0.6 is 0 Å². The van der Waals surface area contributed by atoms with E-state index in [0.29, 0.717) is 0 Å². The summed E-state index contributed by atoms with van der Waals surface area (Å²) in [6.07, 6.45) is 1.69. The fourth-order valence-electron chi connectivity index (χ4n) is 1.52. The second-order valence-electron chi connectivity index (χ2n) is 3.14. The van der Waals surface area contributed by atoms with Crippen molar-refractivity contribution in [2.75, 3.05) is 5.32 Å². The summed E-state index contributed by atoms with van der Waals surface area (Å²) in [5.41, 5.74) is 2.86. The Labute approximate surface area is 116 Å². The number of hydrogen-bond acceptors (Lipinski definition) is 1. The Morgan fingerprint density at radius 3 is 2.12 bits per heavy atom. The molecule has 1 N–H and O–H groups in total. The topological polar surface area (TPSA) is 29.1 Å². The van der Waals surface area contributed by atoms with Gasteiger partial charge in [-0.05, 0) is 5.56 Å². The number of rotatable bonds is 3. The summed E-state index contributed by atoms with van der Waals surface area (Å²) < 4.78 is 0.